The highest BCUT2D eigenvalue weighted by Gasteiger charge is 2.12. The third-order valence-electron chi connectivity index (χ3n) is 2.76. The maximum atomic E-state index is 11.8. The molecule has 0 radical (unpaired) electrons. The smallest absolute Gasteiger partial charge is 0.294 e. The van der Waals surface area contributed by atoms with E-state index in [0.29, 0.717) is 5.69 Å². The van der Waals surface area contributed by atoms with E-state index in [0.717, 1.165) is 13.0 Å². The van der Waals surface area contributed by atoms with Gasteiger partial charge in [0, 0.05) is 18.3 Å². The molecule has 2 rings (SSSR count). The normalized spacial score (nSPS) is 10.8. The summed E-state index contributed by atoms with van der Waals surface area (Å²) in [6, 6.07) is 9.09. The molecule has 5 nitrogen and oxygen atoms in total. The molecule has 20 heavy (non-hydrogen) atoms. The standard InChI is InChI=1S/C14H16ClN3O2/c1-18(2)8-7-10-3-5-11(6-4-10)16-14(19)12-9-13(15)17-20-12/h3-6,9H,7-8H2,1-2H3,(H,16,19). The number of carbonyl (C=O) groups is 1. The van der Waals surface area contributed by atoms with Crippen LogP contribution in [-0.2, 0) is 6.42 Å². The quantitative estimate of drug-likeness (QED) is 0.921. The monoisotopic (exact) mass is 293 g/mol. The van der Waals surface area contributed by atoms with Crippen LogP contribution in [0.1, 0.15) is 16.1 Å². The molecule has 1 amide bonds. The molecular formula is C14H16ClN3O2. The zero-order valence-corrected chi connectivity index (χ0v) is 12.1. The lowest BCUT2D eigenvalue weighted by Crippen LogP contribution is -2.15. The SMILES string of the molecule is CN(C)CCc1ccc(NC(=O)c2cc(Cl)no2)cc1. The lowest BCUT2D eigenvalue weighted by molar-refractivity contribution is 0.0988. The van der Waals surface area contributed by atoms with Crippen LogP contribution < -0.4 is 5.32 Å². The predicted molar refractivity (Wildman–Crippen MR) is 78.2 cm³/mol. The van der Waals surface area contributed by atoms with E-state index in [1.807, 2.05) is 38.4 Å². The van der Waals surface area contributed by atoms with Gasteiger partial charge in [-0.1, -0.05) is 28.9 Å². The highest BCUT2D eigenvalue weighted by molar-refractivity contribution is 6.29. The molecule has 0 aliphatic heterocycles. The molecule has 1 aromatic heterocycles. The van der Waals surface area contributed by atoms with Crippen molar-refractivity contribution in [2.24, 2.45) is 0 Å². The second-order valence-corrected chi connectivity index (χ2v) is 5.11. The topological polar surface area (TPSA) is 58.4 Å². The molecular weight excluding hydrogens is 278 g/mol. The van der Waals surface area contributed by atoms with E-state index in [4.69, 9.17) is 16.1 Å². The maximum absolute atomic E-state index is 11.8. The zero-order chi connectivity index (χ0) is 14.5. The van der Waals surface area contributed by atoms with Crippen LogP contribution in [0.3, 0.4) is 0 Å². The highest BCUT2D eigenvalue weighted by atomic mass is 35.5. The first-order valence-electron chi connectivity index (χ1n) is 6.22. The lowest BCUT2D eigenvalue weighted by Gasteiger charge is -2.09. The fourth-order valence-corrected chi connectivity index (χ4v) is 1.79. The van der Waals surface area contributed by atoms with Crippen molar-refractivity contribution >= 4 is 23.2 Å². The van der Waals surface area contributed by atoms with Crippen molar-refractivity contribution in [3.8, 4) is 0 Å². The number of rotatable bonds is 5. The van der Waals surface area contributed by atoms with Gasteiger partial charge >= 0.3 is 0 Å². The number of benzene rings is 1. The Morgan fingerprint density at radius 1 is 1.35 bits per heavy atom. The molecule has 1 N–H and O–H groups in total. The molecule has 0 saturated heterocycles. The molecule has 6 heteroatoms. The van der Waals surface area contributed by atoms with Crippen LogP contribution in [-0.4, -0.2) is 36.6 Å². The maximum Gasteiger partial charge on any atom is 0.294 e. The van der Waals surface area contributed by atoms with Gasteiger partial charge in [0.05, 0.1) is 0 Å². The van der Waals surface area contributed by atoms with E-state index >= 15 is 0 Å². The summed E-state index contributed by atoms with van der Waals surface area (Å²) < 4.78 is 4.79. The van der Waals surface area contributed by atoms with Crippen molar-refractivity contribution in [1.29, 1.82) is 0 Å². The van der Waals surface area contributed by atoms with Crippen molar-refractivity contribution in [3.05, 3.63) is 46.8 Å². The average molecular weight is 294 g/mol. The number of nitrogens with zero attached hydrogens (tertiary/aromatic N) is 2. The van der Waals surface area contributed by atoms with Gasteiger partial charge in [0.15, 0.2) is 5.15 Å². The van der Waals surface area contributed by atoms with E-state index in [1.165, 1.54) is 11.6 Å². The first kappa shape index (κ1) is 14.6. The molecule has 0 bridgehead atoms. The lowest BCUT2D eigenvalue weighted by atomic mass is 10.1. The molecule has 1 heterocycles. The molecule has 106 valence electrons. The number of halogens is 1. The van der Waals surface area contributed by atoms with Gasteiger partial charge in [-0.25, -0.2) is 0 Å². The third kappa shape index (κ3) is 4.08. The Morgan fingerprint density at radius 3 is 2.60 bits per heavy atom. The Balaban J connectivity index is 1.95. The molecule has 0 fully saturated rings. The van der Waals surface area contributed by atoms with Crippen molar-refractivity contribution < 1.29 is 9.32 Å². The zero-order valence-electron chi connectivity index (χ0n) is 11.4. The second kappa shape index (κ2) is 6.54. The van der Waals surface area contributed by atoms with Crippen LogP contribution in [0, 0.1) is 0 Å². The van der Waals surface area contributed by atoms with Crippen LogP contribution in [0.15, 0.2) is 34.9 Å². The van der Waals surface area contributed by atoms with Gasteiger partial charge in [0.1, 0.15) is 0 Å². The van der Waals surface area contributed by atoms with Gasteiger partial charge in [-0.05, 0) is 38.2 Å². The van der Waals surface area contributed by atoms with Crippen molar-refractivity contribution in [2.75, 3.05) is 26.0 Å². The minimum absolute atomic E-state index is 0.0895. The Morgan fingerprint density at radius 2 is 2.05 bits per heavy atom. The van der Waals surface area contributed by atoms with Gasteiger partial charge in [0.25, 0.3) is 5.91 Å². The van der Waals surface area contributed by atoms with Gasteiger partial charge in [-0.15, -0.1) is 0 Å². The van der Waals surface area contributed by atoms with E-state index in [1.54, 1.807) is 0 Å². The first-order valence-corrected chi connectivity index (χ1v) is 6.59. The molecule has 0 aliphatic rings. The summed E-state index contributed by atoms with van der Waals surface area (Å²) in [6.07, 6.45) is 0.971. The Hall–Kier alpha value is -1.85. The van der Waals surface area contributed by atoms with Crippen molar-refractivity contribution in [1.82, 2.24) is 10.1 Å². The summed E-state index contributed by atoms with van der Waals surface area (Å²) in [6.45, 7) is 0.988. The van der Waals surface area contributed by atoms with Gasteiger partial charge in [0.2, 0.25) is 5.76 Å². The van der Waals surface area contributed by atoms with Crippen molar-refractivity contribution in [2.45, 2.75) is 6.42 Å². The first-order chi connectivity index (χ1) is 9.54. The Bertz CT molecular complexity index is 578. The minimum Gasteiger partial charge on any atom is -0.349 e. The molecule has 2 aromatic rings. The van der Waals surface area contributed by atoms with Gasteiger partial charge in [-0.3, -0.25) is 4.79 Å². The van der Waals surface area contributed by atoms with E-state index < -0.39 is 0 Å². The number of hydrogen-bond donors (Lipinski definition) is 1. The second-order valence-electron chi connectivity index (χ2n) is 4.72. The largest absolute Gasteiger partial charge is 0.349 e. The van der Waals surface area contributed by atoms with E-state index in [9.17, 15) is 4.79 Å². The summed E-state index contributed by atoms with van der Waals surface area (Å²) >= 11 is 5.60. The molecule has 0 aliphatic carbocycles. The number of carbonyl (C=O) groups excluding carboxylic acids is 1. The summed E-state index contributed by atoms with van der Waals surface area (Å²) in [5, 5.41) is 6.34. The van der Waals surface area contributed by atoms with Crippen LogP contribution in [0.2, 0.25) is 5.15 Å². The molecule has 1 aromatic carbocycles. The number of amides is 1. The van der Waals surface area contributed by atoms with Crippen molar-refractivity contribution in [3.63, 3.8) is 0 Å². The summed E-state index contributed by atoms with van der Waals surface area (Å²) in [5.74, 6) is -0.280. The average Bonchev–Trinajstić information content (AvgIpc) is 2.85. The molecule has 0 saturated carbocycles. The van der Waals surface area contributed by atoms with E-state index in [2.05, 4.69) is 15.4 Å². The molecule has 0 unspecified atom stereocenters. The third-order valence-corrected chi connectivity index (χ3v) is 2.94. The Labute approximate surface area is 122 Å². The Kier molecular flexibility index (Phi) is 4.76. The van der Waals surface area contributed by atoms with Gasteiger partial charge in [-0.2, -0.15) is 0 Å². The fourth-order valence-electron chi connectivity index (χ4n) is 1.66. The van der Waals surface area contributed by atoms with Crippen LogP contribution >= 0.6 is 11.6 Å². The number of anilines is 1. The molecule has 0 atom stereocenters. The summed E-state index contributed by atoms with van der Waals surface area (Å²) in [5.41, 5.74) is 1.93. The number of aromatic nitrogens is 1. The minimum atomic E-state index is -0.370. The summed E-state index contributed by atoms with van der Waals surface area (Å²) in [7, 11) is 4.08. The van der Waals surface area contributed by atoms with E-state index in [-0.39, 0.29) is 16.8 Å². The number of hydrogen-bond acceptors (Lipinski definition) is 4. The number of likely N-dealkylation sites (N-methyl/N-ethyl adjacent to an activating group) is 1. The van der Waals surface area contributed by atoms with Crippen LogP contribution in [0.25, 0.3) is 0 Å². The van der Waals surface area contributed by atoms with Gasteiger partial charge < -0.3 is 14.7 Å². The summed E-state index contributed by atoms with van der Waals surface area (Å²) in [4.78, 5) is 13.9. The number of nitrogens with one attached hydrogen (secondary N) is 1. The van der Waals surface area contributed by atoms with Crippen LogP contribution in [0.4, 0.5) is 5.69 Å². The van der Waals surface area contributed by atoms with Crippen LogP contribution in [0.5, 0.6) is 0 Å². The highest BCUT2D eigenvalue weighted by Crippen LogP contribution is 2.14. The molecule has 0 spiro atoms. The predicted octanol–water partition coefficient (Wildman–Crippen LogP) is 2.68. The fraction of sp³-hybridized carbons (Fsp3) is 0.286.